The predicted molar refractivity (Wildman–Crippen MR) is 169 cm³/mol. The normalized spacial score (nSPS) is 21.8. The number of aliphatic hydroxyl groups is 1. The second-order valence-electron chi connectivity index (χ2n) is 12.0. The zero-order valence-electron chi connectivity index (χ0n) is 25.6. The van der Waals surface area contributed by atoms with Crippen molar-refractivity contribution in [1.82, 2.24) is 14.6 Å². The molecular formula is C31H42N4O7S2. The number of rotatable bonds is 12. The van der Waals surface area contributed by atoms with Gasteiger partial charge in [0.2, 0.25) is 10.0 Å². The molecule has 3 heterocycles. The Labute approximate surface area is 263 Å². The van der Waals surface area contributed by atoms with Crippen LogP contribution in [0.3, 0.4) is 0 Å². The van der Waals surface area contributed by atoms with Gasteiger partial charge in [-0.15, -0.1) is 0 Å². The first-order valence-electron chi connectivity index (χ1n) is 15.0. The smallest absolute Gasteiger partial charge is 0.407 e. The van der Waals surface area contributed by atoms with E-state index in [1.807, 2.05) is 63.2 Å². The van der Waals surface area contributed by atoms with Crippen molar-refractivity contribution in [2.24, 2.45) is 11.8 Å². The van der Waals surface area contributed by atoms with Gasteiger partial charge in [0.05, 0.1) is 40.5 Å². The van der Waals surface area contributed by atoms with E-state index in [9.17, 15) is 18.3 Å². The standard InChI is InChI=1S/C31H42N4O7S2/c1-20(2)18-35(44(38,39)22-10-11-24-28(17-22)43-30(32-24)34(3)4)19-26(36)25(16-21-8-6-5-7-9-21)33-31(37)42-27-13-15-41-29-23(27)12-14-40-29/h5-11,17,20,23,25-27,29,36H,12-16,18-19H2,1-4H3,(H,33,37)/t23-,25-,26+,27-,29+/m0/s1. The Bertz CT molecular complexity index is 1520. The molecule has 2 fully saturated rings. The van der Waals surface area contributed by atoms with E-state index in [-0.39, 0.29) is 48.6 Å². The topological polar surface area (TPSA) is 131 Å². The average Bonchev–Trinajstić information content (AvgIpc) is 3.64. The van der Waals surface area contributed by atoms with Crippen molar-refractivity contribution >= 4 is 42.8 Å². The highest BCUT2D eigenvalue weighted by Gasteiger charge is 2.41. The maximum Gasteiger partial charge on any atom is 0.407 e. The molecule has 2 aliphatic rings. The number of hydrogen-bond acceptors (Lipinski definition) is 10. The average molecular weight is 647 g/mol. The quantitative estimate of drug-likeness (QED) is 0.301. The van der Waals surface area contributed by atoms with Crippen LogP contribution in [-0.4, -0.2) is 93.8 Å². The zero-order chi connectivity index (χ0) is 31.4. The first-order valence-corrected chi connectivity index (χ1v) is 17.3. The molecule has 5 atom stereocenters. The van der Waals surface area contributed by atoms with Gasteiger partial charge in [0, 0.05) is 39.5 Å². The number of benzene rings is 2. The molecule has 2 aromatic carbocycles. The Morgan fingerprint density at radius 2 is 1.84 bits per heavy atom. The van der Waals surface area contributed by atoms with Crippen LogP contribution in [0, 0.1) is 11.8 Å². The monoisotopic (exact) mass is 646 g/mol. The summed E-state index contributed by atoms with van der Waals surface area (Å²) in [6, 6.07) is 13.6. The molecule has 11 nitrogen and oxygen atoms in total. The third-order valence-electron chi connectivity index (χ3n) is 7.90. The second-order valence-corrected chi connectivity index (χ2v) is 15.0. The molecule has 0 radical (unpaired) electrons. The van der Waals surface area contributed by atoms with Gasteiger partial charge in [-0.05, 0) is 42.5 Å². The van der Waals surface area contributed by atoms with E-state index in [0.29, 0.717) is 19.6 Å². The number of fused-ring (bicyclic) bond motifs is 2. The largest absolute Gasteiger partial charge is 0.446 e. The van der Waals surface area contributed by atoms with E-state index in [2.05, 4.69) is 10.3 Å². The van der Waals surface area contributed by atoms with Gasteiger partial charge in [-0.3, -0.25) is 0 Å². The summed E-state index contributed by atoms with van der Waals surface area (Å²) >= 11 is 1.41. The van der Waals surface area contributed by atoms with Gasteiger partial charge < -0.3 is 29.5 Å². The fourth-order valence-corrected chi connectivity index (χ4v) is 8.31. The molecule has 13 heteroatoms. The summed E-state index contributed by atoms with van der Waals surface area (Å²) < 4.78 is 47.2. The number of alkyl carbamates (subject to hydrolysis) is 1. The lowest BCUT2D eigenvalue weighted by Gasteiger charge is -2.33. The Morgan fingerprint density at radius 3 is 2.55 bits per heavy atom. The van der Waals surface area contributed by atoms with Crippen LogP contribution in [0.4, 0.5) is 9.93 Å². The molecule has 5 rings (SSSR count). The molecule has 2 aliphatic heterocycles. The minimum atomic E-state index is -3.99. The number of nitrogens with one attached hydrogen (secondary N) is 1. The van der Waals surface area contributed by atoms with Crippen LogP contribution < -0.4 is 10.2 Å². The number of sulfonamides is 1. The SMILES string of the molecule is CC(C)CN(C[C@@H](O)[C@H](Cc1ccccc1)NC(=O)O[C@H]1CCO[C@H]2OCC[C@H]21)S(=O)(=O)c1ccc2nc(N(C)C)sc2c1. The Hall–Kier alpha value is -2.81. The molecule has 2 saturated heterocycles. The summed E-state index contributed by atoms with van der Waals surface area (Å²) in [5, 5.41) is 15.2. The van der Waals surface area contributed by atoms with E-state index < -0.39 is 28.3 Å². The zero-order valence-corrected chi connectivity index (χ0v) is 27.2. The lowest BCUT2D eigenvalue weighted by molar-refractivity contribution is -0.179. The highest BCUT2D eigenvalue weighted by atomic mass is 32.2. The summed E-state index contributed by atoms with van der Waals surface area (Å²) in [6.07, 6.45) is -1.03. The fraction of sp³-hybridized carbons (Fsp3) is 0.548. The Balaban J connectivity index is 1.36. The molecule has 0 aliphatic carbocycles. The third kappa shape index (κ3) is 7.69. The van der Waals surface area contributed by atoms with Crippen molar-refractivity contribution in [2.75, 3.05) is 45.3 Å². The number of thiazole rings is 1. The minimum Gasteiger partial charge on any atom is -0.446 e. The molecular weight excluding hydrogens is 604 g/mol. The number of carbonyl (C=O) groups excluding carboxylic acids is 1. The summed E-state index contributed by atoms with van der Waals surface area (Å²) in [6.45, 7) is 4.82. The van der Waals surface area contributed by atoms with Crippen LogP contribution >= 0.6 is 11.3 Å². The predicted octanol–water partition coefficient (Wildman–Crippen LogP) is 3.86. The number of ether oxygens (including phenoxy) is 3. The van der Waals surface area contributed by atoms with Gasteiger partial charge in [0.1, 0.15) is 6.10 Å². The van der Waals surface area contributed by atoms with Gasteiger partial charge >= 0.3 is 6.09 Å². The number of amides is 1. The van der Waals surface area contributed by atoms with E-state index in [0.717, 1.165) is 27.3 Å². The molecule has 1 aromatic heterocycles. The highest BCUT2D eigenvalue weighted by molar-refractivity contribution is 7.89. The van der Waals surface area contributed by atoms with E-state index in [1.165, 1.54) is 15.6 Å². The van der Waals surface area contributed by atoms with Crippen LogP contribution in [0.1, 0.15) is 32.3 Å². The molecule has 1 amide bonds. The number of aliphatic hydroxyl groups excluding tert-OH is 1. The molecule has 0 bridgehead atoms. The molecule has 3 aromatic rings. The number of carbonyl (C=O) groups is 1. The van der Waals surface area contributed by atoms with Crippen molar-refractivity contribution in [3.8, 4) is 0 Å². The van der Waals surface area contributed by atoms with Crippen molar-refractivity contribution < 1.29 is 32.5 Å². The second kappa shape index (κ2) is 14.1. The third-order valence-corrected chi connectivity index (χ3v) is 10.9. The van der Waals surface area contributed by atoms with Gasteiger partial charge in [-0.25, -0.2) is 18.2 Å². The maximum atomic E-state index is 14.0. The fourth-order valence-electron chi connectivity index (χ4n) is 5.66. The van der Waals surface area contributed by atoms with Gasteiger partial charge in [-0.1, -0.05) is 55.5 Å². The van der Waals surface area contributed by atoms with E-state index >= 15 is 0 Å². The van der Waals surface area contributed by atoms with E-state index in [1.54, 1.807) is 18.2 Å². The molecule has 0 saturated carbocycles. The lowest BCUT2D eigenvalue weighted by atomic mass is 9.95. The van der Waals surface area contributed by atoms with Crippen LogP contribution in [0.15, 0.2) is 53.4 Å². The van der Waals surface area contributed by atoms with Crippen molar-refractivity contribution in [3.05, 3.63) is 54.1 Å². The van der Waals surface area contributed by atoms with Crippen molar-refractivity contribution in [1.29, 1.82) is 0 Å². The number of nitrogens with zero attached hydrogens (tertiary/aromatic N) is 3. The Morgan fingerprint density at radius 1 is 1.11 bits per heavy atom. The number of anilines is 1. The minimum absolute atomic E-state index is 0.00921. The first-order chi connectivity index (χ1) is 21.0. The Kier molecular flexibility index (Phi) is 10.4. The number of hydrogen-bond donors (Lipinski definition) is 2. The van der Waals surface area contributed by atoms with Crippen LogP contribution in [0.5, 0.6) is 0 Å². The maximum absolute atomic E-state index is 14.0. The van der Waals surface area contributed by atoms with Gasteiger partial charge in [-0.2, -0.15) is 4.31 Å². The van der Waals surface area contributed by atoms with Gasteiger partial charge in [0.15, 0.2) is 11.4 Å². The lowest BCUT2D eigenvalue weighted by Crippen LogP contribution is -2.52. The molecule has 44 heavy (non-hydrogen) atoms. The molecule has 0 spiro atoms. The van der Waals surface area contributed by atoms with E-state index in [4.69, 9.17) is 14.2 Å². The highest BCUT2D eigenvalue weighted by Crippen LogP contribution is 2.33. The van der Waals surface area contributed by atoms with Gasteiger partial charge in [0.25, 0.3) is 0 Å². The molecule has 0 unspecified atom stereocenters. The summed E-state index contributed by atoms with van der Waals surface area (Å²) in [5.74, 6) is -0.0478. The van der Waals surface area contributed by atoms with Crippen molar-refractivity contribution in [3.63, 3.8) is 0 Å². The first kappa shape index (κ1) is 32.6. The summed E-state index contributed by atoms with van der Waals surface area (Å²) in [7, 11) is -0.216. The summed E-state index contributed by atoms with van der Waals surface area (Å²) in [4.78, 5) is 19.8. The van der Waals surface area contributed by atoms with Crippen LogP contribution in [0.25, 0.3) is 10.2 Å². The van der Waals surface area contributed by atoms with Crippen LogP contribution in [0.2, 0.25) is 0 Å². The summed E-state index contributed by atoms with van der Waals surface area (Å²) in [5.41, 5.74) is 1.61. The molecule has 2 N–H and O–H groups in total. The van der Waals surface area contributed by atoms with Crippen molar-refractivity contribution in [2.45, 2.75) is 62.5 Å². The molecule has 240 valence electrons. The van der Waals surface area contributed by atoms with Crippen LogP contribution in [-0.2, 0) is 30.7 Å². The number of aromatic nitrogens is 1.